The second kappa shape index (κ2) is 10.3. The Bertz CT molecular complexity index is 649. The predicted molar refractivity (Wildman–Crippen MR) is 109 cm³/mol. The Balaban J connectivity index is 1.48. The van der Waals surface area contributed by atoms with Gasteiger partial charge in [-0.25, -0.2) is 0 Å². The first-order valence-corrected chi connectivity index (χ1v) is 11.3. The molecule has 1 saturated carbocycles. The fraction of sp³-hybridized carbons (Fsp3) is 0.708. The highest BCUT2D eigenvalue weighted by Crippen LogP contribution is 2.39. The summed E-state index contributed by atoms with van der Waals surface area (Å²) in [6.07, 6.45) is 13.2. The van der Waals surface area contributed by atoms with E-state index >= 15 is 0 Å². The summed E-state index contributed by atoms with van der Waals surface area (Å²) in [6, 6.07) is 3.48. The van der Waals surface area contributed by atoms with Crippen molar-refractivity contribution in [2.45, 2.75) is 84.5 Å². The van der Waals surface area contributed by atoms with Crippen LogP contribution in [-0.2, 0) is 11.2 Å². The monoisotopic (exact) mass is 390 g/mol. The number of carbonyl (C=O) groups is 1. The van der Waals surface area contributed by atoms with Gasteiger partial charge in [-0.1, -0.05) is 64.4 Å². The molecule has 0 spiro atoms. The number of carbonyl (C=O) groups excluding carboxylic acids is 1. The minimum absolute atomic E-state index is 0.0692. The van der Waals surface area contributed by atoms with Gasteiger partial charge in [0.25, 0.3) is 0 Å². The van der Waals surface area contributed by atoms with Crippen LogP contribution < -0.4 is 9.47 Å². The smallest absolute Gasteiger partial charge is 0.314 e. The molecule has 0 aromatic heterocycles. The Hall–Kier alpha value is -1.58. The standard InChI is InChI=1S/C24H35FO3/c1-3-5-6-7-17-8-10-18(11-9-17)12-13-20-16-19-14-15-21(27-4-2)22(25)23(19)28-24(20)26/h14-15,17-18,20H,3-13,16H2,1-2H3. The Morgan fingerprint density at radius 3 is 2.43 bits per heavy atom. The third-order valence-electron chi connectivity index (χ3n) is 6.55. The van der Waals surface area contributed by atoms with Gasteiger partial charge in [0.05, 0.1) is 12.5 Å². The second-order valence-corrected chi connectivity index (χ2v) is 8.58. The fourth-order valence-electron chi connectivity index (χ4n) is 4.80. The van der Waals surface area contributed by atoms with Crippen LogP contribution in [0.5, 0.6) is 11.5 Å². The first kappa shape index (κ1) is 21.1. The van der Waals surface area contributed by atoms with E-state index in [1.807, 2.05) is 6.07 Å². The third-order valence-corrected chi connectivity index (χ3v) is 6.55. The number of hydrogen-bond acceptors (Lipinski definition) is 3. The zero-order chi connectivity index (χ0) is 19.9. The number of fused-ring (bicyclic) bond motifs is 1. The van der Waals surface area contributed by atoms with Gasteiger partial charge in [-0.15, -0.1) is 0 Å². The lowest BCUT2D eigenvalue weighted by molar-refractivity contribution is -0.140. The maximum absolute atomic E-state index is 14.5. The zero-order valence-electron chi connectivity index (χ0n) is 17.5. The van der Waals surface area contributed by atoms with E-state index in [0.29, 0.717) is 13.0 Å². The van der Waals surface area contributed by atoms with Crippen molar-refractivity contribution in [3.63, 3.8) is 0 Å². The average Bonchev–Trinajstić information content (AvgIpc) is 2.70. The normalized spacial score (nSPS) is 24.5. The van der Waals surface area contributed by atoms with Gasteiger partial charge in [-0.2, -0.15) is 4.39 Å². The van der Waals surface area contributed by atoms with Gasteiger partial charge in [-0.3, -0.25) is 4.79 Å². The van der Waals surface area contributed by atoms with Crippen molar-refractivity contribution in [3.8, 4) is 11.5 Å². The summed E-state index contributed by atoms with van der Waals surface area (Å²) < 4.78 is 25.1. The van der Waals surface area contributed by atoms with Crippen molar-refractivity contribution in [2.75, 3.05) is 6.61 Å². The van der Waals surface area contributed by atoms with E-state index in [9.17, 15) is 9.18 Å². The molecule has 4 heteroatoms. The molecule has 0 N–H and O–H groups in total. The minimum atomic E-state index is -0.549. The van der Waals surface area contributed by atoms with E-state index in [1.165, 1.54) is 51.4 Å². The van der Waals surface area contributed by atoms with Crippen LogP contribution in [0, 0.1) is 23.6 Å². The van der Waals surface area contributed by atoms with Gasteiger partial charge in [0.1, 0.15) is 0 Å². The number of unbranched alkanes of at least 4 members (excludes halogenated alkanes) is 2. The molecule has 1 aromatic rings. The number of hydrogen-bond donors (Lipinski definition) is 0. The Kier molecular flexibility index (Phi) is 7.75. The van der Waals surface area contributed by atoms with Gasteiger partial charge in [0, 0.05) is 0 Å². The van der Waals surface area contributed by atoms with Crippen molar-refractivity contribution < 1.29 is 18.7 Å². The molecule has 1 fully saturated rings. The topological polar surface area (TPSA) is 35.5 Å². The van der Waals surface area contributed by atoms with Crippen LogP contribution in [0.25, 0.3) is 0 Å². The molecule has 3 rings (SSSR count). The van der Waals surface area contributed by atoms with Crippen LogP contribution in [0.2, 0.25) is 0 Å². The lowest BCUT2D eigenvalue weighted by Gasteiger charge is -2.30. The van der Waals surface area contributed by atoms with Crippen molar-refractivity contribution in [1.82, 2.24) is 0 Å². The lowest BCUT2D eigenvalue weighted by atomic mass is 9.77. The molecule has 28 heavy (non-hydrogen) atoms. The van der Waals surface area contributed by atoms with E-state index in [0.717, 1.165) is 30.2 Å². The molecule has 1 atom stereocenters. The molecular weight excluding hydrogens is 355 g/mol. The molecule has 1 aliphatic carbocycles. The molecular formula is C24H35FO3. The molecule has 2 aliphatic rings. The first-order valence-electron chi connectivity index (χ1n) is 11.3. The lowest BCUT2D eigenvalue weighted by Crippen LogP contribution is -2.29. The molecule has 1 aromatic carbocycles. The quantitative estimate of drug-likeness (QED) is 0.275. The molecule has 3 nitrogen and oxygen atoms in total. The van der Waals surface area contributed by atoms with Crippen molar-refractivity contribution >= 4 is 5.97 Å². The third kappa shape index (κ3) is 5.27. The van der Waals surface area contributed by atoms with Crippen LogP contribution in [0.4, 0.5) is 4.39 Å². The van der Waals surface area contributed by atoms with Crippen LogP contribution in [0.1, 0.15) is 83.6 Å². The molecule has 0 radical (unpaired) electrons. The molecule has 0 saturated heterocycles. The minimum Gasteiger partial charge on any atom is -0.491 e. The van der Waals surface area contributed by atoms with E-state index < -0.39 is 5.82 Å². The number of esters is 1. The van der Waals surface area contributed by atoms with Gasteiger partial charge in [0.15, 0.2) is 11.5 Å². The van der Waals surface area contributed by atoms with Crippen LogP contribution >= 0.6 is 0 Å². The van der Waals surface area contributed by atoms with Crippen molar-refractivity contribution in [2.24, 2.45) is 17.8 Å². The summed E-state index contributed by atoms with van der Waals surface area (Å²) in [5.41, 5.74) is 0.783. The summed E-state index contributed by atoms with van der Waals surface area (Å²) >= 11 is 0. The number of halogens is 1. The molecule has 0 amide bonds. The maximum atomic E-state index is 14.5. The summed E-state index contributed by atoms with van der Waals surface area (Å²) in [6.45, 7) is 4.45. The SMILES string of the molecule is CCCCCC1CCC(CCC2Cc3ccc(OCC)c(F)c3OC2=O)CC1. The van der Waals surface area contributed by atoms with E-state index in [4.69, 9.17) is 9.47 Å². The van der Waals surface area contributed by atoms with Crippen molar-refractivity contribution in [1.29, 1.82) is 0 Å². The predicted octanol–water partition coefficient (Wildman–Crippen LogP) is 6.47. The van der Waals surface area contributed by atoms with Gasteiger partial charge in [-0.05, 0) is 49.7 Å². The Morgan fingerprint density at radius 2 is 1.75 bits per heavy atom. The van der Waals surface area contributed by atoms with Crippen LogP contribution in [0.15, 0.2) is 12.1 Å². The molecule has 0 bridgehead atoms. The highest BCUT2D eigenvalue weighted by atomic mass is 19.1. The fourth-order valence-corrected chi connectivity index (χ4v) is 4.80. The summed E-state index contributed by atoms with van der Waals surface area (Å²) in [5.74, 6) is 0.890. The largest absolute Gasteiger partial charge is 0.491 e. The van der Waals surface area contributed by atoms with Crippen molar-refractivity contribution in [3.05, 3.63) is 23.5 Å². The number of rotatable bonds is 9. The summed E-state index contributed by atoms with van der Waals surface area (Å²) in [4.78, 5) is 12.4. The number of benzene rings is 1. The highest BCUT2D eigenvalue weighted by Gasteiger charge is 2.32. The molecule has 1 unspecified atom stereocenters. The summed E-state index contributed by atoms with van der Waals surface area (Å²) in [5, 5.41) is 0. The maximum Gasteiger partial charge on any atom is 0.314 e. The molecule has 1 aliphatic heterocycles. The molecule has 156 valence electrons. The number of ether oxygens (including phenoxy) is 2. The first-order chi connectivity index (χ1) is 13.6. The van der Waals surface area contributed by atoms with E-state index in [-0.39, 0.29) is 23.4 Å². The zero-order valence-corrected chi connectivity index (χ0v) is 17.5. The highest BCUT2D eigenvalue weighted by molar-refractivity contribution is 5.78. The molecule has 1 heterocycles. The van der Waals surface area contributed by atoms with Crippen LogP contribution in [-0.4, -0.2) is 12.6 Å². The second-order valence-electron chi connectivity index (χ2n) is 8.58. The van der Waals surface area contributed by atoms with E-state index in [2.05, 4.69) is 6.92 Å². The van der Waals surface area contributed by atoms with Crippen LogP contribution in [0.3, 0.4) is 0 Å². The van der Waals surface area contributed by atoms with Gasteiger partial charge >= 0.3 is 5.97 Å². The average molecular weight is 391 g/mol. The summed E-state index contributed by atoms with van der Waals surface area (Å²) in [7, 11) is 0. The van der Waals surface area contributed by atoms with E-state index in [1.54, 1.807) is 13.0 Å². The Morgan fingerprint density at radius 1 is 1.04 bits per heavy atom. The Labute approximate surface area is 169 Å². The van der Waals surface area contributed by atoms with Gasteiger partial charge < -0.3 is 9.47 Å². The van der Waals surface area contributed by atoms with Gasteiger partial charge in [0.2, 0.25) is 5.82 Å².